The molecule has 0 aliphatic carbocycles. The van der Waals surface area contributed by atoms with Crippen LogP contribution in [-0.4, -0.2) is 40.2 Å². The fourth-order valence-electron chi connectivity index (χ4n) is 1.24. The quantitative estimate of drug-likeness (QED) is 0.449. The molecule has 0 aliphatic rings. The number of hydrogen-bond acceptors (Lipinski definition) is 6. The van der Waals surface area contributed by atoms with Crippen molar-refractivity contribution in [3.05, 3.63) is 37.7 Å². The number of carbonyl (C=O) groups is 1. The van der Waals surface area contributed by atoms with E-state index in [2.05, 4.69) is 4.98 Å². The summed E-state index contributed by atoms with van der Waals surface area (Å²) >= 11 is 6.90. The van der Waals surface area contributed by atoms with Crippen LogP contribution in [0.25, 0.3) is 0 Å². The van der Waals surface area contributed by atoms with Crippen molar-refractivity contribution in [3.63, 3.8) is 0 Å². The minimum atomic E-state index is -0.606. The molecule has 0 bridgehead atoms. The summed E-state index contributed by atoms with van der Waals surface area (Å²) in [6.45, 7) is 0.186. The van der Waals surface area contributed by atoms with Gasteiger partial charge in [-0.2, -0.15) is 0 Å². The zero-order chi connectivity index (χ0) is 13.7. The van der Waals surface area contributed by atoms with Crippen LogP contribution >= 0.6 is 22.9 Å². The highest BCUT2D eigenvalue weighted by atomic mass is 35.5. The second-order valence-corrected chi connectivity index (χ2v) is 5.18. The van der Waals surface area contributed by atoms with Crippen molar-refractivity contribution in [1.82, 2.24) is 14.8 Å². The van der Waals surface area contributed by atoms with Crippen LogP contribution in [0.3, 0.4) is 0 Å². The Labute approximate surface area is 112 Å². The number of thiazole rings is 1. The second-order valence-electron chi connectivity index (χ2n) is 3.48. The molecule has 1 rings (SSSR count). The molecule has 0 aromatic carbocycles. The fourth-order valence-corrected chi connectivity index (χ4v) is 2.21. The molecular formula is C9H11ClN4O3S. The van der Waals surface area contributed by atoms with Gasteiger partial charge in [0, 0.05) is 25.2 Å². The Balaban J connectivity index is 2.93. The number of aromatic nitrogens is 1. The van der Waals surface area contributed by atoms with Crippen LogP contribution in [0.5, 0.6) is 0 Å². The Kier molecular flexibility index (Phi) is 5.05. The molecule has 1 aromatic rings. The van der Waals surface area contributed by atoms with Crippen molar-refractivity contribution in [3.8, 4) is 0 Å². The molecule has 0 unspecified atom stereocenters. The fraction of sp³-hybridized carbons (Fsp3) is 0.333. The van der Waals surface area contributed by atoms with Gasteiger partial charge in [-0.05, 0) is 0 Å². The van der Waals surface area contributed by atoms with Gasteiger partial charge in [0.2, 0.25) is 6.41 Å². The molecule has 1 heterocycles. The van der Waals surface area contributed by atoms with Crippen LogP contribution in [0.15, 0.2) is 18.2 Å². The van der Waals surface area contributed by atoms with E-state index in [1.54, 1.807) is 14.1 Å². The molecule has 0 aliphatic heterocycles. The molecule has 1 amide bonds. The first-order valence-electron chi connectivity index (χ1n) is 4.79. The molecule has 98 valence electrons. The molecule has 18 heavy (non-hydrogen) atoms. The van der Waals surface area contributed by atoms with Gasteiger partial charge in [-0.15, -0.1) is 11.3 Å². The van der Waals surface area contributed by atoms with E-state index in [1.165, 1.54) is 27.3 Å². The summed E-state index contributed by atoms with van der Waals surface area (Å²) in [5.41, 5.74) is 0. The Hall–Kier alpha value is -1.67. The van der Waals surface area contributed by atoms with Gasteiger partial charge in [-0.25, -0.2) is 4.98 Å². The molecule has 7 nitrogen and oxygen atoms in total. The molecular weight excluding hydrogens is 280 g/mol. The SMILES string of the molecule is CN(C)/C(=C\[N+](=O)[O-])N(C=O)Cc1cnc(Cl)s1. The predicted octanol–water partition coefficient (Wildman–Crippen LogP) is 1.39. The van der Waals surface area contributed by atoms with Crippen LogP contribution in [-0.2, 0) is 11.3 Å². The standard InChI is InChI=1S/C9H11ClN4O3S/c1-12(2)8(5-14(16)17)13(6-15)4-7-3-11-9(10)18-7/h3,5-6H,4H2,1-2H3/b8-5+. The summed E-state index contributed by atoms with van der Waals surface area (Å²) in [5.74, 6) is 0.180. The monoisotopic (exact) mass is 290 g/mol. The van der Waals surface area contributed by atoms with E-state index in [4.69, 9.17) is 11.6 Å². The number of amides is 1. The number of nitrogens with zero attached hydrogens (tertiary/aromatic N) is 4. The molecule has 0 fully saturated rings. The molecule has 0 radical (unpaired) electrons. The summed E-state index contributed by atoms with van der Waals surface area (Å²) in [5, 5.41) is 10.5. The van der Waals surface area contributed by atoms with E-state index in [0.717, 1.165) is 11.1 Å². The van der Waals surface area contributed by atoms with Gasteiger partial charge < -0.3 is 4.90 Å². The predicted molar refractivity (Wildman–Crippen MR) is 67.5 cm³/mol. The maximum atomic E-state index is 11.0. The Morgan fingerprint density at radius 1 is 1.67 bits per heavy atom. The second kappa shape index (κ2) is 6.31. The zero-order valence-corrected chi connectivity index (χ0v) is 11.3. The molecule has 1 aromatic heterocycles. The largest absolute Gasteiger partial charge is 0.359 e. The van der Waals surface area contributed by atoms with Crippen LogP contribution in [0.2, 0.25) is 4.47 Å². The maximum absolute atomic E-state index is 11.0. The van der Waals surface area contributed by atoms with Crippen LogP contribution in [0, 0.1) is 10.1 Å². The zero-order valence-electron chi connectivity index (χ0n) is 9.74. The van der Waals surface area contributed by atoms with E-state index in [9.17, 15) is 14.9 Å². The molecule has 0 spiro atoms. The van der Waals surface area contributed by atoms with Gasteiger partial charge in [-0.3, -0.25) is 19.8 Å². The Bertz CT molecular complexity index is 474. The van der Waals surface area contributed by atoms with Gasteiger partial charge in [0.1, 0.15) is 0 Å². The van der Waals surface area contributed by atoms with Crippen molar-refractivity contribution in [1.29, 1.82) is 0 Å². The van der Waals surface area contributed by atoms with Crippen molar-refractivity contribution >= 4 is 29.3 Å². The third kappa shape index (κ3) is 3.97. The maximum Gasteiger partial charge on any atom is 0.274 e. The van der Waals surface area contributed by atoms with E-state index in [-0.39, 0.29) is 12.4 Å². The first kappa shape index (κ1) is 14.4. The minimum absolute atomic E-state index is 0.180. The number of hydrogen-bond donors (Lipinski definition) is 0. The lowest BCUT2D eigenvalue weighted by molar-refractivity contribution is -0.405. The van der Waals surface area contributed by atoms with Crippen molar-refractivity contribution in [2.45, 2.75) is 6.54 Å². The van der Waals surface area contributed by atoms with Crippen molar-refractivity contribution in [2.24, 2.45) is 0 Å². The van der Waals surface area contributed by atoms with Crippen LogP contribution < -0.4 is 0 Å². The van der Waals surface area contributed by atoms with E-state index in [0.29, 0.717) is 10.9 Å². The lowest BCUT2D eigenvalue weighted by Gasteiger charge is -2.23. The highest BCUT2D eigenvalue weighted by Gasteiger charge is 2.16. The Morgan fingerprint density at radius 3 is 2.72 bits per heavy atom. The van der Waals surface area contributed by atoms with E-state index < -0.39 is 4.92 Å². The van der Waals surface area contributed by atoms with Gasteiger partial charge in [-0.1, -0.05) is 11.6 Å². The van der Waals surface area contributed by atoms with Crippen molar-refractivity contribution < 1.29 is 9.72 Å². The number of rotatable bonds is 6. The Morgan fingerprint density at radius 2 is 2.33 bits per heavy atom. The summed E-state index contributed by atoms with van der Waals surface area (Å²) in [7, 11) is 3.23. The summed E-state index contributed by atoms with van der Waals surface area (Å²) in [6.07, 6.45) is 2.84. The highest BCUT2D eigenvalue weighted by Crippen LogP contribution is 2.20. The smallest absolute Gasteiger partial charge is 0.274 e. The molecule has 0 N–H and O–H groups in total. The van der Waals surface area contributed by atoms with E-state index >= 15 is 0 Å². The lowest BCUT2D eigenvalue weighted by atomic mass is 10.4. The third-order valence-corrected chi connectivity index (χ3v) is 3.05. The van der Waals surface area contributed by atoms with Gasteiger partial charge in [0.05, 0.1) is 11.5 Å². The average molecular weight is 291 g/mol. The van der Waals surface area contributed by atoms with Crippen LogP contribution in [0.1, 0.15) is 4.88 Å². The number of nitro groups is 1. The molecule has 0 saturated heterocycles. The van der Waals surface area contributed by atoms with Gasteiger partial charge in [0.15, 0.2) is 10.3 Å². The first-order valence-corrected chi connectivity index (χ1v) is 5.98. The van der Waals surface area contributed by atoms with E-state index in [1.807, 2.05) is 0 Å². The molecule has 0 atom stereocenters. The first-order chi connectivity index (χ1) is 8.43. The van der Waals surface area contributed by atoms with Crippen LogP contribution in [0.4, 0.5) is 0 Å². The summed E-state index contributed by atoms with van der Waals surface area (Å²) < 4.78 is 0.362. The molecule has 9 heteroatoms. The topological polar surface area (TPSA) is 79.6 Å². The van der Waals surface area contributed by atoms with Crippen molar-refractivity contribution in [2.75, 3.05) is 14.1 Å². The number of halogens is 1. The highest BCUT2D eigenvalue weighted by molar-refractivity contribution is 7.15. The minimum Gasteiger partial charge on any atom is -0.359 e. The third-order valence-electron chi connectivity index (χ3n) is 1.95. The lowest BCUT2D eigenvalue weighted by Crippen LogP contribution is -2.30. The van der Waals surface area contributed by atoms with Gasteiger partial charge in [0.25, 0.3) is 6.20 Å². The average Bonchev–Trinajstić information content (AvgIpc) is 2.68. The molecule has 0 saturated carbocycles. The van der Waals surface area contributed by atoms with Gasteiger partial charge >= 0.3 is 0 Å². The number of carbonyl (C=O) groups excluding carboxylic acids is 1. The summed E-state index contributed by atoms with van der Waals surface area (Å²) in [4.78, 5) is 28.2. The summed E-state index contributed by atoms with van der Waals surface area (Å²) in [6, 6.07) is 0. The normalized spacial score (nSPS) is 11.2.